The highest BCUT2D eigenvalue weighted by atomic mass is 16.2. The minimum atomic E-state index is -0.00148. The van der Waals surface area contributed by atoms with Crippen LogP contribution in [0, 0.1) is 0 Å². The van der Waals surface area contributed by atoms with Gasteiger partial charge in [-0.05, 0) is 18.6 Å². The smallest absolute Gasteiger partial charge is 0.247 e. The number of hydrogen-bond acceptors (Lipinski definition) is 4. The first kappa shape index (κ1) is 9.79. The zero-order valence-electron chi connectivity index (χ0n) is 8.26. The molecule has 0 radical (unpaired) electrons. The lowest BCUT2D eigenvalue weighted by molar-refractivity contribution is -0.118. The monoisotopic (exact) mass is 204 g/mol. The van der Waals surface area contributed by atoms with E-state index in [1.54, 1.807) is 24.5 Å². The fraction of sp³-hybridized carbons (Fsp3) is 0.300. The second-order valence-corrected chi connectivity index (χ2v) is 3.28. The predicted octanol–water partition coefficient (Wildman–Crippen LogP) is 0.523. The molecule has 0 spiro atoms. The molecule has 1 aromatic rings. The lowest BCUT2D eigenvalue weighted by Gasteiger charge is -2.22. The van der Waals surface area contributed by atoms with Crippen molar-refractivity contribution < 1.29 is 4.79 Å². The number of anilines is 1. The second kappa shape index (κ2) is 4.18. The van der Waals surface area contributed by atoms with Crippen LogP contribution >= 0.6 is 0 Å². The molecule has 1 aromatic heterocycles. The van der Waals surface area contributed by atoms with Gasteiger partial charge in [-0.25, -0.2) is 5.01 Å². The first-order valence-corrected chi connectivity index (χ1v) is 4.80. The zero-order valence-corrected chi connectivity index (χ0v) is 8.26. The summed E-state index contributed by atoms with van der Waals surface area (Å²) in [5.74, 6) is -0.00148. The number of rotatable bonds is 2. The Balaban J connectivity index is 2.31. The van der Waals surface area contributed by atoms with Crippen LogP contribution in [-0.4, -0.2) is 23.1 Å². The third kappa shape index (κ3) is 2.02. The maximum Gasteiger partial charge on any atom is 0.247 e. The fourth-order valence-electron chi connectivity index (χ4n) is 1.43. The minimum Gasteiger partial charge on any atom is -0.325 e. The number of amides is 1. The van der Waals surface area contributed by atoms with Crippen molar-refractivity contribution in [2.24, 2.45) is 10.8 Å². The van der Waals surface area contributed by atoms with E-state index in [2.05, 4.69) is 10.1 Å². The Bertz CT molecular complexity index is 388. The number of nitrogens with two attached hydrogens (primary N) is 1. The Kier molecular flexibility index (Phi) is 2.73. The molecule has 5 nitrogen and oxygen atoms in total. The van der Waals surface area contributed by atoms with Gasteiger partial charge in [-0.2, -0.15) is 5.10 Å². The zero-order chi connectivity index (χ0) is 10.7. The number of pyridine rings is 1. The van der Waals surface area contributed by atoms with Crippen molar-refractivity contribution in [3.63, 3.8) is 0 Å². The van der Waals surface area contributed by atoms with Gasteiger partial charge in [-0.1, -0.05) is 0 Å². The normalized spacial score (nSPS) is 16.5. The highest BCUT2D eigenvalue weighted by Crippen LogP contribution is 2.18. The molecule has 1 amide bonds. The van der Waals surface area contributed by atoms with Gasteiger partial charge in [0.1, 0.15) is 0 Å². The summed E-state index contributed by atoms with van der Waals surface area (Å²) in [4.78, 5) is 15.5. The number of nitrogens with zero attached hydrogens (tertiary/aromatic N) is 3. The summed E-state index contributed by atoms with van der Waals surface area (Å²) >= 11 is 0. The van der Waals surface area contributed by atoms with E-state index in [1.165, 1.54) is 5.01 Å². The van der Waals surface area contributed by atoms with Crippen LogP contribution in [0.1, 0.15) is 12.8 Å². The number of hydrazone groups is 1. The number of hydrogen-bond donors (Lipinski definition) is 1. The molecule has 0 unspecified atom stereocenters. The standard InChI is InChI=1S/C10H12N4O/c11-7-8-1-2-10(15)14(13-8)9-3-5-12-6-4-9/h3-6H,1-2,7,11H2. The third-order valence-electron chi connectivity index (χ3n) is 2.25. The SMILES string of the molecule is NCC1=NN(c2ccncc2)C(=O)CC1. The molecule has 0 fully saturated rings. The van der Waals surface area contributed by atoms with Gasteiger partial charge in [-0.3, -0.25) is 9.78 Å². The molecule has 0 aliphatic carbocycles. The number of carbonyl (C=O) groups is 1. The quantitative estimate of drug-likeness (QED) is 0.763. The molecule has 1 aliphatic heterocycles. The molecule has 1 aliphatic rings. The molecule has 2 N–H and O–H groups in total. The van der Waals surface area contributed by atoms with Gasteiger partial charge in [0.25, 0.3) is 0 Å². The molecule has 0 saturated carbocycles. The summed E-state index contributed by atoms with van der Waals surface area (Å²) in [6.45, 7) is 0.398. The molecular formula is C10H12N4O. The summed E-state index contributed by atoms with van der Waals surface area (Å²) in [5, 5.41) is 5.60. The van der Waals surface area contributed by atoms with Crippen molar-refractivity contribution in [3.8, 4) is 0 Å². The van der Waals surface area contributed by atoms with Gasteiger partial charge in [0.2, 0.25) is 5.91 Å². The third-order valence-corrected chi connectivity index (χ3v) is 2.25. The van der Waals surface area contributed by atoms with Crippen LogP contribution in [0.15, 0.2) is 29.6 Å². The topological polar surface area (TPSA) is 71.6 Å². The summed E-state index contributed by atoms with van der Waals surface area (Å²) in [6, 6.07) is 3.50. The highest BCUT2D eigenvalue weighted by Gasteiger charge is 2.20. The van der Waals surface area contributed by atoms with Crippen molar-refractivity contribution in [1.29, 1.82) is 0 Å². The van der Waals surface area contributed by atoms with Crippen LogP contribution in [0.2, 0.25) is 0 Å². The summed E-state index contributed by atoms with van der Waals surface area (Å²) in [7, 11) is 0. The maximum atomic E-state index is 11.6. The first-order valence-electron chi connectivity index (χ1n) is 4.80. The second-order valence-electron chi connectivity index (χ2n) is 3.28. The van der Waals surface area contributed by atoms with Gasteiger partial charge >= 0.3 is 0 Å². The van der Waals surface area contributed by atoms with Crippen LogP contribution in [0.5, 0.6) is 0 Å². The van der Waals surface area contributed by atoms with Crippen LogP contribution in [-0.2, 0) is 4.79 Å². The first-order chi connectivity index (χ1) is 7.31. The van der Waals surface area contributed by atoms with Gasteiger partial charge in [0, 0.05) is 25.4 Å². The number of carbonyl (C=O) groups excluding carboxylic acids is 1. The van der Waals surface area contributed by atoms with Crippen LogP contribution in [0.25, 0.3) is 0 Å². The van der Waals surface area contributed by atoms with Gasteiger partial charge in [0.05, 0.1) is 11.4 Å². The maximum absolute atomic E-state index is 11.6. The van der Waals surface area contributed by atoms with Gasteiger partial charge in [-0.15, -0.1) is 0 Å². The molecular weight excluding hydrogens is 192 g/mol. The van der Waals surface area contributed by atoms with E-state index in [1.807, 2.05) is 0 Å². The molecule has 0 saturated heterocycles. The van der Waals surface area contributed by atoms with Crippen LogP contribution in [0.4, 0.5) is 5.69 Å². The van der Waals surface area contributed by atoms with E-state index in [0.29, 0.717) is 19.4 Å². The molecule has 0 aromatic carbocycles. The molecule has 2 rings (SSSR count). The Morgan fingerprint density at radius 3 is 2.73 bits per heavy atom. The summed E-state index contributed by atoms with van der Waals surface area (Å²) < 4.78 is 0. The highest BCUT2D eigenvalue weighted by molar-refractivity contribution is 6.02. The van der Waals surface area contributed by atoms with Crippen molar-refractivity contribution in [3.05, 3.63) is 24.5 Å². The van der Waals surface area contributed by atoms with Crippen LogP contribution < -0.4 is 10.7 Å². The Hall–Kier alpha value is -1.75. The minimum absolute atomic E-state index is 0.00148. The van der Waals surface area contributed by atoms with E-state index in [0.717, 1.165) is 11.4 Å². The Morgan fingerprint density at radius 1 is 1.33 bits per heavy atom. The molecule has 15 heavy (non-hydrogen) atoms. The average molecular weight is 204 g/mol. The summed E-state index contributed by atoms with van der Waals surface area (Å²) in [6.07, 6.45) is 4.40. The van der Waals surface area contributed by atoms with Crippen molar-refractivity contribution in [1.82, 2.24) is 4.98 Å². The lowest BCUT2D eigenvalue weighted by atomic mass is 10.1. The van der Waals surface area contributed by atoms with E-state index >= 15 is 0 Å². The predicted molar refractivity (Wildman–Crippen MR) is 57.4 cm³/mol. The molecule has 2 heterocycles. The van der Waals surface area contributed by atoms with E-state index in [9.17, 15) is 4.79 Å². The largest absolute Gasteiger partial charge is 0.325 e. The van der Waals surface area contributed by atoms with Gasteiger partial charge in [0.15, 0.2) is 0 Å². The molecule has 78 valence electrons. The molecule has 0 atom stereocenters. The van der Waals surface area contributed by atoms with Crippen LogP contribution in [0.3, 0.4) is 0 Å². The fourth-order valence-corrected chi connectivity index (χ4v) is 1.43. The Labute approximate surface area is 87.6 Å². The van der Waals surface area contributed by atoms with Crippen molar-refractivity contribution in [2.75, 3.05) is 11.6 Å². The van der Waals surface area contributed by atoms with E-state index < -0.39 is 0 Å². The Morgan fingerprint density at radius 2 is 2.07 bits per heavy atom. The summed E-state index contributed by atoms with van der Waals surface area (Å²) in [5.41, 5.74) is 7.10. The lowest BCUT2D eigenvalue weighted by Crippen LogP contribution is -2.33. The average Bonchev–Trinajstić information content (AvgIpc) is 2.31. The van der Waals surface area contributed by atoms with Gasteiger partial charge < -0.3 is 5.73 Å². The number of aromatic nitrogens is 1. The van der Waals surface area contributed by atoms with E-state index in [4.69, 9.17) is 5.73 Å². The van der Waals surface area contributed by atoms with Crippen molar-refractivity contribution in [2.45, 2.75) is 12.8 Å². The molecule has 5 heteroatoms. The molecule has 0 bridgehead atoms. The van der Waals surface area contributed by atoms with E-state index in [-0.39, 0.29) is 5.91 Å². The van der Waals surface area contributed by atoms with Crippen molar-refractivity contribution >= 4 is 17.3 Å².